The Balaban J connectivity index is 2.01. The van der Waals surface area contributed by atoms with E-state index in [0.717, 1.165) is 19.2 Å². The molecule has 1 N–H and O–H groups in total. The van der Waals surface area contributed by atoms with Gasteiger partial charge in [-0.25, -0.2) is 0 Å². The average Bonchev–Trinajstić information content (AvgIpc) is 2.73. The van der Waals surface area contributed by atoms with Crippen molar-refractivity contribution >= 4 is 5.91 Å². The number of piperidine rings is 1. The van der Waals surface area contributed by atoms with E-state index in [9.17, 15) is 18.0 Å². The average molecular weight is 312 g/mol. The number of carbonyl (C=O) groups is 1. The summed E-state index contributed by atoms with van der Waals surface area (Å²) in [5.41, 5.74) is -0.574. The molecule has 1 atom stereocenters. The van der Waals surface area contributed by atoms with Gasteiger partial charge in [0.25, 0.3) is 0 Å². The molecule has 3 rings (SSSR count). The summed E-state index contributed by atoms with van der Waals surface area (Å²) in [6.45, 7) is 1.95. The molecule has 2 aliphatic heterocycles. The number of carbonyl (C=O) groups excluding carboxylic acids is 1. The third-order valence-corrected chi connectivity index (χ3v) is 5.01. The minimum atomic E-state index is -4.36. The SMILES string of the molecule is CN1CC(c2cccc(C(F)(F)F)c2)C2(CCNCC2)C1=O. The molecular weight excluding hydrogens is 293 g/mol. The van der Waals surface area contributed by atoms with E-state index in [-0.39, 0.29) is 11.8 Å². The first-order chi connectivity index (χ1) is 10.3. The predicted molar refractivity (Wildman–Crippen MR) is 76.4 cm³/mol. The number of likely N-dealkylation sites (tertiary alicyclic amines) is 1. The molecule has 0 radical (unpaired) electrons. The molecule has 1 aromatic rings. The number of likely N-dealkylation sites (N-methyl/N-ethyl adjacent to an activating group) is 1. The summed E-state index contributed by atoms with van der Waals surface area (Å²) in [5, 5.41) is 3.23. The molecule has 2 saturated heterocycles. The van der Waals surface area contributed by atoms with Crippen LogP contribution in [0.1, 0.15) is 29.9 Å². The Morgan fingerprint density at radius 2 is 1.95 bits per heavy atom. The quantitative estimate of drug-likeness (QED) is 0.864. The van der Waals surface area contributed by atoms with Gasteiger partial charge in [-0.2, -0.15) is 13.2 Å². The molecule has 0 bridgehead atoms. The van der Waals surface area contributed by atoms with Gasteiger partial charge in [0.1, 0.15) is 0 Å². The Bertz CT molecular complexity index is 579. The first-order valence-corrected chi connectivity index (χ1v) is 7.48. The van der Waals surface area contributed by atoms with Crippen molar-refractivity contribution in [2.75, 3.05) is 26.7 Å². The van der Waals surface area contributed by atoms with E-state index in [1.807, 2.05) is 0 Å². The lowest BCUT2D eigenvalue weighted by atomic mass is 9.68. The van der Waals surface area contributed by atoms with Crippen LogP contribution in [0.4, 0.5) is 13.2 Å². The molecule has 1 spiro atoms. The summed E-state index contributed by atoms with van der Waals surface area (Å²) in [7, 11) is 1.74. The fourth-order valence-corrected chi connectivity index (χ4v) is 3.85. The lowest BCUT2D eigenvalue weighted by Crippen LogP contribution is -2.44. The van der Waals surface area contributed by atoms with E-state index >= 15 is 0 Å². The molecule has 1 unspecified atom stereocenters. The summed E-state index contributed by atoms with van der Waals surface area (Å²) in [6.07, 6.45) is -3.00. The van der Waals surface area contributed by atoms with Crippen LogP contribution in [0.3, 0.4) is 0 Å². The fraction of sp³-hybridized carbons (Fsp3) is 0.562. The van der Waals surface area contributed by atoms with Gasteiger partial charge in [-0.1, -0.05) is 18.2 Å². The van der Waals surface area contributed by atoms with Crippen molar-refractivity contribution < 1.29 is 18.0 Å². The lowest BCUT2D eigenvalue weighted by molar-refractivity contribution is -0.137. The first kappa shape index (κ1) is 15.3. The minimum Gasteiger partial charge on any atom is -0.345 e. The van der Waals surface area contributed by atoms with E-state index in [4.69, 9.17) is 0 Å². The summed E-state index contributed by atoms with van der Waals surface area (Å²) in [4.78, 5) is 14.3. The summed E-state index contributed by atoms with van der Waals surface area (Å²) >= 11 is 0. The number of nitrogens with one attached hydrogen (secondary N) is 1. The van der Waals surface area contributed by atoms with Gasteiger partial charge in [0.05, 0.1) is 11.0 Å². The third kappa shape index (κ3) is 2.39. The number of nitrogens with zero attached hydrogens (tertiary/aromatic N) is 1. The number of hydrogen-bond donors (Lipinski definition) is 1. The number of halogens is 3. The van der Waals surface area contributed by atoms with Crippen molar-refractivity contribution in [3.05, 3.63) is 35.4 Å². The normalized spacial score (nSPS) is 25.0. The van der Waals surface area contributed by atoms with Crippen molar-refractivity contribution in [1.29, 1.82) is 0 Å². The number of hydrogen-bond acceptors (Lipinski definition) is 2. The Morgan fingerprint density at radius 3 is 2.59 bits per heavy atom. The first-order valence-electron chi connectivity index (χ1n) is 7.48. The number of amides is 1. The van der Waals surface area contributed by atoms with Crippen LogP contribution in [0.5, 0.6) is 0 Å². The van der Waals surface area contributed by atoms with Gasteiger partial charge >= 0.3 is 6.18 Å². The van der Waals surface area contributed by atoms with Gasteiger partial charge in [-0.15, -0.1) is 0 Å². The Hall–Kier alpha value is -1.56. The van der Waals surface area contributed by atoms with Crippen LogP contribution in [0.15, 0.2) is 24.3 Å². The molecule has 6 heteroatoms. The van der Waals surface area contributed by atoms with Gasteiger partial charge in [0.2, 0.25) is 5.91 Å². The molecule has 0 aliphatic carbocycles. The van der Waals surface area contributed by atoms with Gasteiger partial charge in [0, 0.05) is 19.5 Å². The Morgan fingerprint density at radius 1 is 1.27 bits per heavy atom. The fourth-order valence-electron chi connectivity index (χ4n) is 3.85. The molecule has 0 saturated carbocycles. The smallest absolute Gasteiger partial charge is 0.345 e. The minimum absolute atomic E-state index is 0.0661. The standard InChI is InChI=1S/C16H19F3N2O/c1-21-10-13(15(14(21)22)5-7-20-8-6-15)11-3-2-4-12(9-11)16(17,18)19/h2-4,9,13,20H,5-8,10H2,1H3. The summed E-state index contributed by atoms with van der Waals surface area (Å²) < 4.78 is 38.9. The van der Waals surface area contributed by atoms with Crippen molar-refractivity contribution in [2.45, 2.75) is 24.9 Å². The molecule has 2 heterocycles. The molecule has 22 heavy (non-hydrogen) atoms. The van der Waals surface area contributed by atoms with Gasteiger partial charge in [0.15, 0.2) is 0 Å². The summed E-state index contributed by atoms with van der Waals surface area (Å²) in [5.74, 6) is -0.106. The molecular formula is C16H19F3N2O. The molecule has 1 amide bonds. The Kier molecular flexibility index (Phi) is 3.67. The highest BCUT2D eigenvalue weighted by Gasteiger charge is 2.53. The van der Waals surface area contributed by atoms with Crippen molar-refractivity contribution in [2.24, 2.45) is 5.41 Å². The zero-order chi connectivity index (χ0) is 16.0. The zero-order valence-electron chi connectivity index (χ0n) is 12.4. The second-order valence-corrected chi connectivity index (χ2v) is 6.27. The molecule has 1 aromatic carbocycles. The number of rotatable bonds is 1. The second kappa shape index (κ2) is 5.26. The van der Waals surface area contributed by atoms with Gasteiger partial charge in [-0.3, -0.25) is 4.79 Å². The monoisotopic (exact) mass is 312 g/mol. The highest BCUT2D eigenvalue weighted by molar-refractivity contribution is 5.86. The van der Waals surface area contributed by atoms with E-state index in [1.165, 1.54) is 12.1 Å². The van der Waals surface area contributed by atoms with Crippen molar-refractivity contribution in [3.8, 4) is 0 Å². The van der Waals surface area contributed by atoms with Gasteiger partial charge in [-0.05, 0) is 37.6 Å². The molecule has 0 aromatic heterocycles. The number of benzene rings is 1. The largest absolute Gasteiger partial charge is 0.416 e. The predicted octanol–water partition coefficient (Wildman–Crippen LogP) is 2.63. The molecule has 2 fully saturated rings. The maximum Gasteiger partial charge on any atom is 0.416 e. The van der Waals surface area contributed by atoms with Crippen molar-refractivity contribution in [3.63, 3.8) is 0 Å². The lowest BCUT2D eigenvalue weighted by Gasteiger charge is -2.36. The molecule has 3 nitrogen and oxygen atoms in total. The van der Waals surface area contributed by atoms with E-state index < -0.39 is 17.2 Å². The van der Waals surface area contributed by atoms with E-state index in [0.29, 0.717) is 24.9 Å². The third-order valence-electron chi connectivity index (χ3n) is 5.01. The van der Waals surface area contributed by atoms with Crippen LogP contribution >= 0.6 is 0 Å². The maximum absolute atomic E-state index is 13.0. The number of alkyl halides is 3. The van der Waals surface area contributed by atoms with Crippen molar-refractivity contribution in [1.82, 2.24) is 10.2 Å². The Labute approximate surface area is 127 Å². The summed E-state index contributed by atoms with van der Waals surface area (Å²) in [6, 6.07) is 5.45. The topological polar surface area (TPSA) is 32.3 Å². The van der Waals surface area contributed by atoms with Crippen LogP contribution in [0, 0.1) is 5.41 Å². The van der Waals surface area contributed by atoms with Crippen LogP contribution in [0.25, 0.3) is 0 Å². The maximum atomic E-state index is 13.0. The molecule has 2 aliphatic rings. The van der Waals surface area contributed by atoms with Gasteiger partial charge < -0.3 is 10.2 Å². The second-order valence-electron chi connectivity index (χ2n) is 6.27. The van der Waals surface area contributed by atoms with Crippen LogP contribution in [-0.2, 0) is 11.0 Å². The highest BCUT2D eigenvalue weighted by atomic mass is 19.4. The molecule has 120 valence electrons. The van der Waals surface area contributed by atoms with E-state index in [1.54, 1.807) is 18.0 Å². The van der Waals surface area contributed by atoms with E-state index in [2.05, 4.69) is 5.32 Å². The van der Waals surface area contributed by atoms with Crippen LogP contribution < -0.4 is 5.32 Å². The highest BCUT2D eigenvalue weighted by Crippen LogP contribution is 2.49. The van der Waals surface area contributed by atoms with Crippen LogP contribution in [0.2, 0.25) is 0 Å². The van der Waals surface area contributed by atoms with Crippen LogP contribution in [-0.4, -0.2) is 37.5 Å². The zero-order valence-corrected chi connectivity index (χ0v) is 12.4.